The summed E-state index contributed by atoms with van der Waals surface area (Å²) >= 11 is 0. The van der Waals surface area contributed by atoms with E-state index < -0.39 is 0 Å². The van der Waals surface area contributed by atoms with Gasteiger partial charge in [0.25, 0.3) is 5.91 Å². The first-order chi connectivity index (χ1) is 9.81. The quantitative estimate of drug-likeness (QED) is 0.896. The molecule has 0 unspecified atom stereocenters. The van der Waals surface area contributed by atoms with E-state index in [0.29, 0.717) is 5.56 Å². The number of ether oxygens (including phenoxy) is 1. The lowest BCUT2D eigenvalue weighted by Gasteiger charge is -2.07. The number of rotatable bonds is 5. The second-order valence-corrected chi connectivity index (χ2v) is 5.10. The predicted octanol–water partition coefficient (Wildman–Crippen LogP) is 3.73. The number of carbonyl (C=O) groups is 1. The standard InChI is InChI=1S/C17H17NO2/c19-17(18-15-4-2-1-3-5-15)14-8-10-16(11-9-14)20-12-13-6-7-13/h1-5,8-11,13H,6-7,12H2,(H,18,19). The van der Waals surface area contributed by atoms with E-state index in [1.54, 1.807) is 12.1 Å². The molecule has 0 heterocycles. The van der Waals surface area contributed by atoms with E-state index in [2.05, 4.69) is 5.32 Å². The van der Waals surface area contributed by atoms with E-state index in [9.17, 15) is 4.79 Å². The highest BCUT2D eigenvalue weighted by Gasteiger charge is 2.21. The van der Waals surface area contributed by atoms with Gasteiger partial charge in [-0.2, -0.15) is 0 Å². The molecule has 0 atom stereocenters. The van der Waals surface area contributed by atoms with Gasteiger partial charge in [0.05, 0.1) is 6.61 Å². The summed E-state index contributed by atoms with van der Waals surface area (Å²) in [5.41, 5.74) is 1.43. The van der Waals surface area contributed by atoms with Crippen molar-refractivity contribution in [2.75, 3.05) is 11.9 Å². The van der Waals surface area contributed by atoms with Gasteiger partial charge in [0.2, 0.25) is 0 Å². The zero-order chi connectivity index (χ0) is 13.8. The molecule has 102 valence electrons. The molecule has 1 amide bonds. The van der Waals surface area contributed by atoms with E-state index in [4.69, 9.17) is 4.74 Å². The number of benzene rings is 2. The van der Waals surface area contributed by atoms with Crippen LogP contribution in [0.3, 0.4) is 0 Å². The van der Waals surface area contributed by atoms with E-state index in [-0.39, 0.29) is 5.91 Å². The van der Waals surface area contributed by atoms with Crippen LogP contribution >= 0.6 is 0 Å². The molecule has 0 spiro atoms. The number of hydrogen-bond acceptors (Lipinski definition) is 2. The second-order valence-electron chi connectivity index (χ2n) is 5.10. The lowest BCUT2D eigenvalue weighted by atomic mass is 10.2. The predicted molar refractivity (Wildman–Crippen MR) is 79.1 cm³/mol. The van der Waals surface area contributed by atoms with Crippen LogP contribution < -0.4 is 10.1 Å². The van der Waals surface area contributed by atoms with E-state index in [0.717, 1.165) is 24.0 Å². The van der Waals surface area contributed by atoms with Gasteiger partial charge in [0.1, 0.15) is 5.75 Å². The fourth-order valence-electron chi connectivity index (χ4n) is 1.93. The van der Waals surface area contributed by atoms with E-state index in [1.807, 2.05) is 42.5 Å². The summed E-state index contributed by atoms with van der Waals surface area (Å²) in [6.45, 7) is 0.787. The Kier molecular flexibility index (Phi) is 3.68. The Hall–Kier alpha value is -2.29. The third-order valence-electron chi connectivity index (χ3n) is 3.33. The van der Waals surface area contributed by atoms with Crippen molar-refractivity contribution in [1.29, 1.82) is 0 Å². The minimum Gasteiger partial charge on any atom is -0.493 e. The molecule has 3 heteroatoms. The van der Waals surface area contributed by atoms with Crippen LogP contribution in [0, 0.1) is 5.92 Å². The van der Waals surface area contributed by atoms with E-state index in [1.165, 1.54) is 12.8 Å². The molecule has 1 N–H and O–H groups in total. The molecule has 0 saturated heterocycles. The van der Waals surface area contributed by atoms with Gasteiger partial charge in [0.15, 0.2) is 0 Å². The molecule has 0 radical (unpaired) electrons. The summed E-state index contributed by atoms with van der Waals surface area (Å²) in [6.07, 6.45) is 2.55. The number of anilines is 1. The maximum absolute atomic E-state index is 12.0. The summed E-state index contributed by atoms with van der Waals surface area (Å²) in [7, 11) is 0. The molecule has 0 bridgehead atoms. The molecule has 1 fully saturated rings. The monoisotopic (exact) mass is 267 g/mol. The maximum atomic E-state index is 12.0. The number of para-hydroxylation sites is 1. The molecule has 2 aromatic rings. The summed E-state index contributed by atoms with van der Waals surface area (Å²) in [4.78, 5) is 12.0. The molecular weight excluding hydrogens is 250 g/mol. The van der Waals surface area contributed by atoms with Crippen LogP contribution in [0.15, 0.2) is 54.6 Å². The fraction of sp³-hybridized carbons (Fsp3) is 0.235. The first-order valence-electron chi connectivity index (χ1n) is 6.90. The Morgan fingerprint density at radius 3 is 2.40 bits per heavy atom. The fourth-order valence-corrected chi connectivity index (χ4v) is 1.93. The van der Waals surface area contributed by atoms with Gasteiger partial charge in [-0.3, -0.25) is 4.79 Å². The number of nitrogens with one attached hydrogen (secondary N) is 1. The zero-order valence-corrected chi connectivity index (χ0v) is 11.2. The Morgan fingerprint density at radius 1 is 1.05 bits per heavy atom. The molecule has 1 aliphatic rings. The average molecular weight is 267 g/mol. The molecule has 0 aliphatic heterocycles. The van der Waals surface area contributed by atoms with Crippen LogP contribution in [0.2, 0.25) is 0 Å². The topological polar surface area (TPSA) is 38.3 Å². The molecule has 0 aromatic heterocycles. The SMILES string of the molecule is O=C(Nc1ccccc1)c1ccc(OCC2CC2)cc1. The van der Waals surface area contributed by atoms with Crippen LogP contribution in [0.5, 0.6) is 5.75 Å². The largest absolute Gasteiger partial charge is 0.493 e. The third kappa shape index (κ3) is 3.38. The summed E-state index contributed by atoms with van der Waals surface area (Å²) < 4.78 is 5.65. The highest BCUT2D eigenvalue weighted by Crippen LogP contribution is 2.29. The Bertz CT molecular complexity index is 574. The van der Waals surface area contributed by atoms with Crippen molar-refractivity contribution in [2.24, 2.45) is 5.92 Å². The minimum absolute atomic E-state index is 0.107. The van der Waals surface area contributed by atoms with Crippen LogP contribution in [0.1, 0.15) is 23.2 Å². The highest BCUT2D eigenvalue weighted by molar-refractivity contribution is 6.04. The highest BCUT2D eigenvalue weighted by atomic mass is 16.5. The van der Waals surface area contributed by atoms with Crippen molar-refractivity contribution in [3.63, 3.8) is 0 Å². The van der Waals surface area contributed by atoms with E-state index >= 15 is 0 Å². The van der Waals surface area contributed by atoms with Gasteiger partial charge >= 0.3 is 0 Å². The lowest BCUT2D eigenvalue weighted by Crippen LogP contribution is -2.11. The number of carbonyl (C=O) groups excluding carboxylic acids is 1. The first-order valence-corrected chi connectivity index (χ1v) is 6.90. The van der Waals surface area contributed by atoms with Gasteiger partial charge in [0, 0.05) is 11.3 Å². The molecule has 3 nitrogen and oxygen atoms in total. The van der Waals surface area contributed by atoms with Crippen molar-refractivity contribution in [3.05, 3.63) is 60.2 Å². The summed E-state index contributed by atoms with van der Waals surface area (Å²) in [5, 5.41) is 2.86. The molecule has 1 saturated carbocycles. The third-order valence-corrected chi connectivity index (χ3v) is 3.33. The number of hydrogen-bond donors (Lipinski definition) is 1. The molecular formula is C17H17NO2. The smallest absolute Gasteiger partial charge is 0.255 e. The van der Waals surface area contributed by atoms with Crippen LogP contribution in [0.4, 0.5) is 5.69 Å². The van der Waals surface area contributed by atoms with Crippen molar-refractivity contribution in [2.45, 2.75) is 12.8 Å². The molecule has 20 heavy (non-hydrogen) atoms. The molecule has 2 aromatic carbocycles. The summed E-state index contributed by atoms with van der Waals surface area (Å²) in [5.74, 6) is 1.45. The number of amides is 1. The van der Waals surface area contributed by atoms with Gasteiger partial charge in [-0.15, -0.1) is 0 Å². The van der Waals surface area contributed by atoms with Crippen LogP contribution in [0.25, 0.3) is 0 Å². The molecule has 3 rings (SSSR count). The normalized spacial score (nSPS) is 13.8. The maximum Gasteiger partial charge on any atom is 0.255 e. The van der Waals surface area contributed by atoms with Crippen molar-refractivity contribution >= 4 is 11.6 Å². The van der Waals surface area contributed by atoms with Crippen molar-refractivity contribution in [1.82, 2.24) is 0 Å². The summed E-state index contributed by atoms with van der Waals surface area (Å²) in [6, 6.07) is 16.7. The van der Waals surface area contributed by atoms with Crippen LogP contribution in [-0.2, 0) is 0 Å². The van der Waals surface area contributed by atoms with Gasteiger partial charge < -0.3 is 10.1 Å². The van der Waals surface area contributed by atoms with Crippen molar-refractivity contribution < 1.29 is 9.53 Å². The minimum atomic E-state index is -0.107. The molecule has 1 aliphatic carbocycles. The van der Waals surface area contributed by atoms with Gasteiger partial charge in [-0.05, 0) is 55.2 Å². The average Bonchev–Trinajstić information content (AvgIpc) is 3.31. The van der Waals surface area contributed by atoms with Gasteiger partial charge in [-0.1, -0.05) is 18.2 Å². The lowest BCUT2D eigenvalue weighted by molar-refractivity contribution is 0.102. The Labute approximate surface area is 118 Å². The zero-order valence-electron chi connectivity index (χ0n) is 11.2. The van der Waals surface area contributed by atoms with Crippen LogP contribution in [-0.4, -0.2) is 12.5 Å². The second kappa shape index (κ2) is 5.78. The van der Waals surface area contributed by atoms with Gasteiger partial charge in [-0.25, -0.2) is 0 Å². The Morgan fingerprint density at radius 2 is 1.75 bits per heavy atom. The van der Waals surface area contributed by atoms with Crippen molar-refractivity contribution in [3.8, 4) is 5.75 Å². The Balaban J connectivity index is 1.59. The first kappa shape index (κ1) is 12.7.